The van der Waals surface area contributed by atoms with E-state index < -0.39 is 17.7 Å². The molecule has 0 aliphatic carbocycles. The number of halogens is 2. The van der Waals surface area contributed by atoms with Crippen LogP contribution in [0, 0.1) is 11.6 Å². The average Bonchev–Trinajstić information content (AvgIpc) is 3.47. The van der Waals surface area contributed by atoms with Crippen LogP contribution in [0.2, 0.25) is 0 Å². The van der Waals surface area contributed by atoms with Crippen LogP contribution in [0.15, 0.2) is 59.3 Å². The highest BCUT2D eigenvalue weighted by molar-refractivity contribution is 5.92. The van der Waals surface area contributed by atoms with E-state index in [1.807, 2.05) is 29.9 Å². The molecule has 0 atom stereocenters. The van der Waals surface area contributed by atoms with Gasteiger partial charge in [-0.3, -0.25) is 4.79 Å². The molecule has 0 saturated heterocycles. The minimum absolute atomic E-state index is 0.0874. The summed E-state index contributed by atoms with van der Waals surface area (Å²) in [6.45, 7) is 0.953. The van der Waals surface area contributed by atoms with Gasteiger partial charge in [0.05, 0.1) is 19.4 Å². The number of hydrogen-bond acceptors (Lipinski definition) is 4. The van der Waals surface area contributed by atoms with Crippen molar-refractivity contribution in [1.82, 2.24) is 14.4 Å². The first-order valence-electron chi connectivity index (χ1n) is 10.8. The lowest BCUT2D eigenvalue weighted by atomic mass is 10.3. The van der Waals surface area contributed by atoms with Gasteiger partial charge in [0.1, 0.15) is 12.3 Å². The van der Waals surface area contributed by atoms with Crippen molar-refractivity contribution in [1.29, 1.82) is 0 Å². The van der Waals surface area contributed by atoms with Crippen LogP contribution in [0.3, 0.4) is 0 Å². The summed E-state index contributed by atoms with van der Waals surface area (Å²) in [5, 5.41) is 2.53. The molecule has 0 aliphatic rings. The van der Waals surface area contributed by atoms with Crippen LogP contribution in [-0.4, -0.2) is 53.1 Å². The van der Waals surface area contributed by atoms with Gasteiger partial charge in [0.25, 0.3) is 0 Å². The Morgan fingerprint density at radius 3 is 2.56 bits per heavy atom. The zero-order valence-electron chi connectivity index (χ0n) is 19.2. The van der Waals surface area contributed by atoms with Crippen molar-refractivity contribution in [3.63, 3.8) is 0 Å². The summed E-state index contributed by atoms with van der Waals surface area (Å²) < 4.78 is 39.2. The second-order valence-electron chi connectivity index (χ2n) is 7.77. The molecule has 0 unspecified atom stereocenters. The first kappa shape index (κ1) is 25.0. The van der Waals surface area contributed by atoms with Gasteiger partial charge in [-0.1, -0.05) is 0 Å². The number of methoxy groups -OCH3 is 1. The Morgan fingerprint density at radius 1 is 1.09 bits per heavy atom. The summed E-state index contributed by atoms with van der Waals surface area (Å²) in [6.07, 6.45) is 3.91. The highest BCUT2D eigenvalue weighted by atomic mass is 19.2. The van der Waals surface area contributed by atoms with E-state index in [0.29, 0.717) is 25.3 Å². The van der Waals surface area contributed by atoms with Crippen LogP contribution in [0.25, 0.3) is 0 Å². The summed E-state index contributed by atoms with van der Waals surface area (Å²) in [4.78, 5) is 29.2. The van der Waals surface area contributed by atoms with Crippen molar-refractivity contribution in [2.24, 2.45) is 7.05 Å². The third-order valence-corrected chi connectivity index (χ3v) is 5.24. The van der Waals surface area contributed by atoms with E-state index >= 15 is 0 Å². The minimum atomic E-state index is -1.08. The van der Waals surface area contributed by atoms with Crippen LogP contribution in [-0.2, 0) is 29.7 Å². The van der Waals surface area contributed by atoms with Gasteiger partial charge in [-0.25, -0.2) is 13.6 Å². The fourth-order valence-corrected chi connectivity index (χ4v) is 3.37. The number of carbonyl (C=O) groups excluding carboxylic acids is 2. The van der Waals surface area contributed by atoms with E-state index in [0.717, 1.165) is 17.8 Å². The molecule has 0 aliphatic heterocycles. The van der Waals surface area contributed by atoms with Gasteiger partial charge in [0.2, 0.25) is 5.91 Å². The quantitative estimate of drug-likeness (QED) is 0.426. The maximum absolute atomic E-state index is 13.6. The van der Waals surface area contributed by atoms with Crippen LogP contribution in [0.4, 0.5) is 19.3 Å². The van der Waals surface area contributed by atoms with E-state index in [9.17, 15) is 18.4 Å². The topological polar surface area (TPSA) is 80.0 Å². The fourth-order valence-electron chi connectivity index (χ4n) is 3.37. The third kappa shape index (κ3) is 6.92. The molecule has 34 heavy (non-hydrogen) atoms. The highest BCUT2D eigenvalue weighted by Crippen LogP contribution is 2.15. The van der Waals surface area contributed by atoms with Crippen molar-refractivity contribution in [3.8, 4) is 0 Å². The van der Waals surface area contributed by atoms with Gasteiger partial charge >= 0.3 is 6.03 Å². The predicted molar refractivity (Wildman–Crippen MR) is 122 cm³/mol. The molecule has 2 heterocycles. The van der Waals surface area contributed by atoms with Crippen LogP contribution >= 0.6 is 0 Å². The number of ether oxygens (including phenoxy) is 1. The summed E-state index contributed by atoms with van der Waals surface area (Å²) in [5.41, 5.74) is 1.00. The normalized spacial score (nSPS) is 10.8. The Kier molecular flexibility index (Phi) is 8.80. The second kappa shape index (κ2) is 12.0. The van der Waals surface area contributed by atoms with E-state index in [4.69, 9.17) is 9.15 Å². The van der Waals surface area contributed by atoms with Gasteiger partial charge in [-0.2, -0.15) is 0 Å². The average molecular weight is 475 g/mol. The molecule has 2 aromatic heterocycles. The lowest BCUT2D eigenvalue weighted by molar-refractivity contribution is -0.133. The predicted octanol–water partition coefficient (Wildman–Crippen LogP) is 4.00. The Bertz CT molecular complexity index is 1080. The molecule has 10 heteroatoms. The lowest BCUT2D eigenvalue weighted by Gasteiger charge is -2.27. The van der Waals surface area contributed by atoms with Crippen LogP contribution in [0.5, 0.6) is 0 Å². The number of hydrogen-bond donors (Lipinski definition) is 1. The monoisotopic (exact) mass is 474 g/mol. The Labute approximate surface area is 196 Å². The Morgan fingerprint density at radius 2 is 1.91 bits per heavy atom. The number of carbonyl (C=O) groups is 2. The second-order valence-corrected chi connectivity index (χ2v) is 7.77. The SMILES string of the molecule is COCCCN(CC(=O)N(Cc1ccco1)Cc1cccn1C)C(=O)Nc1ccc(F)c(F)c1. The van der Waals surface area contributed by atoms with Gasteiger partial charge in [-0.15, -0.1) is 0 Å². The molecule has 1 aromatic carbocycles. The Balaban J connectivity index is 1.75. The van der Waals surface area contributed by atoms with E-state index in [1.165, 1.54) is 17.2 Å². The largest absolute Gasteiger partial charge is 0.467 e. The molecule has 1 N–H and O–H groups in total. The summed E-state index contributed by atoms with van der Waals surface area (Å²) in [7, 11) is 3.43. The first-order valence-corrected chi connectivity index (χ1v) is 10.8. The molecular formula is C24H28F2N4O4. The lowest BCUT2D eigenvalue weighted by Crippen LogP contribution is -2.44. The summed E-state index contributed by atoms with van der Waals surface area (Å²) >= 11 is 0. The molecule has 3 amide bonds. The molecular weight excluding hydrogens is 446 g/mol. The molecule has 3 rings (SSSR count). The zero-order valence-corrected chi connectivity index (χ0v) is 19.2. The van der Waals surface area contributed by atoms with Gasteiger partial charge in [-0.05, 0) is 42.8 Å². The number of benzene rings is 1. The van der Waals surface area contributed by atoms with Crippen molar-refractivity contribution in [2.45, 2.75) is 19.5 Å². The number of aryl methyl sites for hydroxylation is 1. The molecule has 0 fully saturated rings. The van der Waals surface area contributed by atoms with Crippen molar-refractivity contribution < 1.29 is 27.5 Å². The zero-order chi connectivity index (χ0) is 24.5. The standard InChI is InChI=1S/C24H28F2N4O4/c1-28-10-3-6-19(28)15-30(16-20-7-4-13-34-20)23(31)17-29(11-5-12-33-2)24(32)27-18-8-9-21(25)22(26)14-18/h3-4,6-10,13-14H,5,11-12,15-17H2,1-2H3,(H,27,32). The molecule has 0 radical (unpaired) electrons. The number of aromatic nitrogens is 1. The smallest absolute Gasteiger partial charge is 0.322 e. The molecule has 8 nitrogen and oxygen atoms in total. The number of nitrogens with zero attached hydrogens (tertiary/aromatic N) is 3. The van der Waals surface area contributed by atoms with Gasteiger partial charge < -0.3 is 28.8 Å². The molecule has 0 spiro atoms. The van der Waals surface area contributed by atoms with Gasteiger partial charge in [0, 0.05) is 51.0 Å². The number of rotatable bonds is 11. The van der Waals surface area contributed by atoms with Crippen molar-refractivity contribution in [2.75, 3.05) is 32.1 Å². The molecule has 0 bridgehead atoms. The molecule has 0 saturated carbocycles. The fraction of sp³-hybridized carbons (Fsp3) is 0.333. The van der Waals surface area contributed by atoms with Crippen LogP contribution < -0.4 is 5.32 Å². The molecule has 3 aromatic rings. The molecule has 182 valence electrons. The van der Waals surface area contributed by atoms with E-state index in [-0.39, 0.29) is 31.2 Å². The first-order chi connectivity index (χ1) is 16.4. The number of urea groups is 1. The Hall–Kier alpha value is -3.66. The number of anilines is 1. The van der Waals surface area contributed by atoms with Crippen molar-refractivity contribution >= 4 is 17.6 Å². The van der Waals surface area contributed by atoms with E-state index in [1.54, 1.807) is 24.1 Å². The minimum Gasteiger partial charge on any atom is -0.467 e. The van der Waals surface area contributed by atoms with Crippen molar-refractivity contribution in [3.05, 3.63) is 78.0 Å². The number of furan rings is 1. The number of amides is 3. The maximum Gasteiger partial charge on any atom is 0.322 e. The van der Waals surface area contributed by atoms with Crippen LogP contribution in [0.1, 0.15) is 17.9 Å². The summed E-state index contributed by atoms with van der Waals surface area (Å²) in [5.74, 6) is -1.78. The number of nitrogens with one attached hydrogen (secondary N) is 1. The highest BCUT2D eigenvalue weighted by Gasteiger charge is 2.23. The van der Waals surface area contributed by atoms with E-state index in [2.05, 4.69) is 5.32 Å². The van der Waals surface area contributed by atoms with Gasteiger partial charge in [0.15, 0.2) is 11.6 Å². The third-order valence-electron chi connectivity index (χ3n) is 5.24. The maximum atomic E-state index is 13.6. The summed E-state index contributed by atoms with van der Waals surface area (Å²) in [6, 6.07) is 9.78.